The minimum Gasteiger partial charge on any atom is -0.356 e. The molecular weight excluding hydrogens is 288 g/mol. The lowest BCUT2D eigenvalue weighted by Crippen LogP contribution is -2.47. The number of aromatic amines is 1. The topological polar surface area (TPSA) is 79.0 Å². The number of hydrogen-bond acceptors (Lipinski definition) is 3. The monoisotopic (exact) mass is 304 g/mol. The minimum atomic E-state index is -3.80. The van der Waals surface area contributed by atoms with Crippen LogP contribution in [0.25, 0.3) is 0 Å². The standard InChI is InChI=1S/C12H17ClN2O3S/c1-12(5-3-2-4-6-12)15-11(16)10-7-9(8-14-10)19(13,17)18/h7-8,14H,2-6H2,1H3,(H,15,16). The molecule has 1 fully saturated rings. The molecule has 5 nitrogen and oxygen atoms in total. The summed E-state index contributed by atoms with van der Waals surface area (Å²) in [6.07, 6.45) is 6.51. The van der Waals surface area contributed by atoms with Crippen LogP contribution in [0.3, 0.4) is 0 Å². The maximum absolute atomic E-state index is 12.1. The van der Waals surface area contributed by atoms with Crippen molar-refractivity contribution in [2.75, 3.05) is 0 Å². The van der Waals surface area contributed by atoms with Gasteiger partial charge in [-0.05, 0) is 25.8 Å². The van der Waals surface area contributed by atoms with Gasteiger partial charge in [-0.25, -0.2) is 8.42 Å². The molecule has 1 saturated carbocycles. The first-order valence-corrected chi connectivity index (χ1v) is 8.57. The molecule has 106 valence electrons. The molecule has 2 rings (SSSR count). The van der Waals surface area contributed by atoms with Crippen LogP contribution >= 0.6 is 10.7 Å². The number of halogens is 1. The second-order valence-corrected chi connectivity index (χ2v) is 7.83. The molecule has 2 N–H and O–H groups in total. The van der Waals surface area contributed by atoms with E-state index in [1.807, 2.05) is 6.92 Å². The third kappa shape index (κ3) is 3.51. The molecule has 0 spiro atoms. The van der Waals surface area contributed by atoms with E-state index in [1.54, 1.807) is 0 Å². The van der Waals surface area contributed by atoms with Crippen LogP contribution in [0.5, 0.6) is 0 Å². The van der Waals surface area contributed by atoms with Crippen molar-refractivity contribution in [1.29, 1.82) is 0 Å². The van der Waals surface area contributed by atoms with E-state index >= 15 is 0 Å². The van der Waals surface area contributed by atoms with E-state index in [9.17, 15) is 13.2 Å². The summed E-state index contributed by atoms with van der Waals surface area (Å²) in [6.45, 7) is 2.02. The zero-order valence-electron chi connectivity index (χ0n) is 10.7. The molecule has 0 radical (unpaired) electrons. The van der Waals surface area contributed by atoms with Crippen molar-refractivity contribution in [2.45, 2.75) is 49.5 Å². The lowest BCUT2D eigenvalue weighted by molar-refractivity contribution is 0.0878. The highest BCUT2D eigenvalue weighted by molar-refractivity contribution is 8.13. The summed E-state index contributed by atoms with van der Waals surface area (Å²) in [5.41, 5.74) is 0.00602. The predicted molar refractivity (Wildman–Crippen MR) is 72.8 cm³/mol. The Morgan fingerprint density at radius 1 is 1.37 bits per heavy atom. The Morgan fingerprint density at radius 3 is 2.53 bits per heavy atom. The van der Waals surface area contributed by atoms with E-state index in [1.165, 1.54) is 18.7 Å². The number of H-pyrrole nitrogens is 1. The Labute approximate surface area is 117 Å². The van der Waals surface area contributed by atoms with Crippen LogP contribution < -0.4 is 5.32 Å². The Kier molecular flexibility index (Phi) is 3.92. The van der Waals surface area contributed by atoms with E-state index in [0.29, 0.717) is 0 Å². The van der Waals surface area contributed by atoms with Crippen molar-refractivity contribution in [1.82, 2.24) is 10.3 Å². The molecule has 1 aromatic rings. The lowest BCUT2D eigenvalue weighted by Gasteiger charge is -2.34. The Hall–Kier alpha value is -1.01. The largest absolute Gasteiger partial charge is 0.356 e. The molecule has 0 bridgehead atoms. The summed E-state index contributed by atoms with van der Waals surface area (Å²) in [6, 6.07) is 1.25. The molecule has 1 aliphatic carbocycles. The van der Waals surface area contributed by atoms with Gasteiger partial charge in [-0.2, -0.15) is 0 Å². The van der Waals surface area contributed by atoms with Crippen LogP contribution in [-0.4, -0.2) is 24.8 Å². The minimum absolute atomic E-state index is 0.0897. The van der Waals surface area contributed by atoms with Gasteiger partial charge in [0.2, 0.25) is 0 Å². The SMILES string of the molecule is CC1(NC(=O)c2cc(S(=O)(=O)Cl)c[nH]2)CCCCC1. The van der Waals surface area contributed by atoms with E-state index in [4.69, 9.17) is 10.7 Å². The van der Waals surface area contributed by atoms with Crippen molar-refractivity contribution < 1.29 is 13.2 Å². The van der Waals surface area contributed by atoms with Gasteiger partial charge in [0.15, 0.2) is 0 Å². The van der Waals surface area contributed by atoms with Gasteiger partial charge < -0.3 is 10.3 Å². The summed E-state index contributed by atoms with van der Waals surface area (Å²) >= 11 is 0. The first-order valence-electron chi connectivity index (χ1n) is 6.26. The highest BCUT2D eigenvalue weighted by Crippen LogP contribution is 2.28. The van der Waals surface area contributed by atoms with Gasteiger partial charge in [0.05, 0.1) is 0 Å². The molecule has 1 aliphatic rings. The molecule has 1 heterocycles. The van der Waals surface area contributed by atoms with Crippen LogP contribution in [0.15, 0.2) is 17.2 Å². The highest BCUT2D eigenvalue weighted by atomic mass is 35.7. The van der Waals surface area contributed by atoms with Crippen molar-refractivity contribution in [3.8, 4) is 0 Å². The number of carbonyl (C=O) groups is 1. The number of rotatable bonds is 3. The van der Waals surface area contributed by atoms with Crippen molar-refractivity contribution in [2.24, 2.45) is 0 Å². The van der Waals surface area contributed by atoms with Gasteiger partial charge in [-0.3, -0.25) is 4.79 Å². The fourth-order valence-corrected chi connectivity index (χ4v) is 3.17. The maximum atomic E-state index is 12.1. The lowest BCUT2D eigenvalue weighted by atomic mass is 9.83. The molecular formula is C12H17ClN2O3S. The average molecular weight is 305 g/mol. The summed E-state index contributed by atoms with van der Waals surface area (Å²) in [5.74, 6) is -0.295. The fraction of sp³-hybridized carbons (Fsp3) is 0.583. The zero-order chi connectivity index (χ0) is 14.1. The van der Waals surface area contributed by atoms with Crippen molar-refractivity contribution in [3.63, 3.8) is 0 Å². The first kappa shape index (κ1) is 14.4. The summed E-state index contributed by atoms with van der Waals surface area (Å²) in [4.78, 5) is 14.6. The number of aromatic nitrogens is 1. The second-order valence-electron chi connectivity index (χ2n) is 5.26. The average Bonchev–Trinajstić information content (AvgIpc) is 2.78. The van der Waals surface area contributed by atoms with Gasteiger partial charge in [-0.1, -0.05) is 19.3 Å². The molecule has 7 heteroatoms. The van der Waals surface area contributed by atoms with Gasteiger partial charge in [0.25, 0.3) is 15.0 Å². The second kappa shape index (κ2) is 5.17. The molecule has 0 aromatic carbocycles. The number of nitrogens with one attached hydrogen (secondary N) is 2. The van der Waals surface area contributed by atoms with Gasteiger partial charge in [0, 0.05) is 22.4 Å². The molecule has 0 atom stereocenters. The maximum Gasteiger partial charge on any atom is 0.268 e. The van der Waals surface area contributed by atoms with Gasteiger partial charge >= 0.3 is 0 Å². The van der Waals surface area contributed by atoms with E-state index in [0.717, 1.165) is 25.7 Å². The Morgan fingerprint density at radius 2 is 2.00 bits per heavy atom. The zero-order valence-corrected chi connectivity index (χ0v) is 12.3. The molecule has 19 heavy (non-hydrogen) atoms. The quantitative estimate of drug-likeness (QED) is 0.842. The summed E-state index contributed by atoms with van der Waals surface area (Å²) in [7, 11) is 1.41. The first-order chi connectivity index (χ1) is 8.80. The smallest absolute Gasteiger partial charge is 0.268 e. The number of carbonyl (C=O) groups excluding carboxylic acids is 1. The molecule has 1 aromatic heterocycles. The number of hydrogen-bond donors (Lipinski definition) is 2. The molecule has 1 amide bonds. The van der Waals surface area contributed by atoms with Crippen LogP contribution in [-0.2, 0) is 9.05 Å². The van der Waals surface area contributed by atoms with E-state index < -0.39 is 9.05 Å². The summed E-state index contributed by atoms with van der Waals surface area (Å²) in [5, 5.41) is 2.97. The van der Waals surface area contributed by atoms with Crippen molar-refractivity contribution in [3.05, 3.63) is 18.0 Å². The van der Waals surface area contributed by atoms with E-state index in [2.05, 4.69) is 10.3 Å². The molecule has 0 aliphatic heterocycles. The van der Waals surface area contributed by atoms with Crippen LogP contribution in [0.1, 0.15) is 49.5 Å². The van der Waals surface area contributed by atoms with Crippen LogP contribution in [0.4, 0.5) is 0 Å². The number of amides is 1. The molecule has 0 unspecified atom stereocenters. The normalized spacial score (nSPS) is 19.1. The van der Waals surface area contributed by atoms with Crippen molar-refractivity contribution >= 4 is 25.6 Å². The highest BCUT2D eigenvalue weighted by Gasteiger charge is 2.29. The summed E-state index contributed by atoms with van der Waals surface area (Å²) < 4.78 is 22.3. The Bertz CT molecular complexity index is 574. The third-order valence-corrected chi connectivity index (χ3v) is 4.89. The predicted octanol–water partition coefficient (Wildman–Crippen LogP) is 2.39. The molecule has 0 saturated heterocycles. The van der Waals surface area contributed by atoms with Crippen LogP contribution in [0, 0.1) is 0 Å². The van der Waals surface area contributed by atoms with Gasteiger partial charge in [-0.15, -0.1) is 0 Å². The van der Waals surface area contributed by atoms with Crippen LogP contribution in [0.2, 0.25) is 0 Å². The third-order valence-electron chi connectivity index (χ3n) is 3.56. The van der Waals surface area contributed by atoms with Gasteiger partial charge in [0.1, 0.15) is 10.6 Å². The Balaban J connectivity index is 2.10. The van der Waals surface area contributed by atoms with E-state index in [-0.39, 0.29) is 22.0 Å². The fourth-order valence-electron chi connectivity index (χ4n) is 2.44.